The summed E-state index contributed by atoms with van der Waals surface area (Å²) in [7, 11) is 0. The van der Waals surface area contributed by atoms with E-state index in [0.29, 0.717) is 32.4 Å². The number of aliphatic hydroxyl groups excluding tert-OH is 1. The fraction of sp³-hybridized carbons (Fsp3) is 0.306. The fourth-order valence-corrected chi connectivity index (χ4v) is 6.74. The summed E-state index contributed by atoms with van der Waals surface area (Å²) < 4.78 is 15.9. The third-order valence-electron chi connectivity index (χ3n) is 9.13. The SMILES string of the molecule is CC(=O)n1cc([C@@H]2C=C(C(=O)N3CCC(n4c(=O)[nH]c5ccccc54)CC3)O[C@H](OCc3ccc(CO)cc3)C2)c2ccccc21. The van der Waals surface area contributed by atoms with E-state index in [9.17, 15) is 19.5 Å². The highest BCUT2D eigenvalue weighted by Crippen LogP contribution is 2.37. The molecule has 4 heterocycles. The van der Waals surface area contributed by atoms with Crippen LogP contribution >= 0.6 is 0 Å². The number of nitrogens with zero attached hydrogens (tertiary/aromatic N) is 3. The lowest BCUT2D eigenvalue weighted by molar-refractivity contribution is -0.156. The van der Waals surface area contributed by atoms with E-state index in [2.05, 4.69) is 4.98 Å². The lowest BCUT2D eigenvalue weighted by Crippen LogP contribution is -2.42. The summed E-state index contributed by atoms with van der Waals surface area (Å²) in [5.74, 6) is -0.321. The average Bonchev–Trinajstić information content (AvgIpc) is 3.65. The maximum absolute atomic E-state index is 14.0. The van der Waals surface area contributed by atoms with Crippen molar-refractivity contribution >= 4 is 33.8 Å². The Morgan fingerprint density at radius 3 is 2.39 bits per heavy atom. The summed E-state index contributed by atoms with van der Waals surface area (Å²) in [6.07, 6.45) is 4.76. The maximum Gasteiger partial charge on any atom is 0.326 e. The van der Waals surface area contributed by atoms with Crippen LogP contribution in [0.1, 0.15) is 59.6 Å². The van der Waals surface area contributed by atoms with Crippen LogP contribution in [0.15, 0.2) is 95.6 Å². The highest BCUT2D eigenvalue weighted by Gasteiger charge is 2.34. The second-order valence-corrected chi connectivity index (χ2v) is 12.0. The molecule has 0 aliphatic carbocycles. The molecule has 2 N–H and O–H groups in total. The molecule has 1 fully saturated rings. The smallest absolute Gasteiger partial charge is 0.326 e. The minimum Gasteiger partial charge on any atom is -0.459 e. The zero-order valence-electron chi connectivity index (χ0n) is 25.6. The average molecular weight is 621 g/mol. The summed E-state index contributed by atoms with van der Waals surface area (Å²) in [4.78, 5) is 44.0. The molecule has 0 spiro atoms. The van der Waals surface area contributed by atoms with Gasteiger partial charge in [-0.15, -0.1) is 0 Å². The minimum atomic E-state index is -0.701. The Bertz CT molecular complexity index is 1990. The lowest BCUT2D eigenvalue weighted by atomic mass is 9.92. The van der Waals surface area contributed by atoms with Crippen LogP contribution in [0.3, 0.4) is 0 Å². The van der Waals surface area contributed by atoms with E-state index >= 15 is 0 Å². The molecule has 10 heteroatoms. The minimum absolute atomic E-state index is 0.0206. The van der Waals surface area contributed by atoms with Gasteiger partial charge < -0.3 is 24.5 Å². The van der Waals surface area contributed by atoms with E-state index in [1.54, 1.807) is 9.47 Å². The van der Waals surface area contributed by atoms with Crippen LogP contribution in [0.4, 0.5) is 0 Å². The molecule has 2 aromatic heterocycles. The Hall–Kier alpha value is -4.93. The summed E-state index contributed by atoms with van der Waals surface area (Å²) in [6.45, 7) is 2.73. The van der Waals surface area contributed by atoms with Gasteiger partial charge in [0.1, 0.15) is 0 Å². The molecule has 5 aromatic rings. The number of nitrogens with one attached hydrogen (secondary N) is 1. The van der Waals surface area contributed by atoms with E-state index in [1.165, 1.54) is 6.92 Å². The van der Waals surface area contributed by atoms with Crippen molar-refractivity contribution in [1.82, 2.24) is 19.0 Å². The number of likely N-dealkylation sites (tertiary alicyclic amines) is 1. The number of imidazole rings is 1. The first-order valence-electron chi connectivity index (χ1n) is 15.7. The highest BCUT2D eigenvalue weighted by molar-refractivity contribution is 5.95. The first-order chi connectivity index (χ1) is 22.4. The largest absolute Gasteiger partial charge is 0.459 e. The molecule has 0 bridgehead atoms. The third kappa shape index (κ3) is 5.65. The Labute approximate surface area is 265 Å². The van der Waals surface area contributed by atoms with Gasteiger partial charge in [0.2, 0.25) is 12.2 Å². The van der Waals surface area contributed by atoms with Crippen molar-refractivity contribution in [3.05, 3.63) is 118 Å². The number of carbonyl (C=O) groups excluding carboxylic acids is 2. The van der Waals surface area contributed by atoms with Crippen molar-refractivity contribution in [3.63, 3.8) is 0 Å². The number of allylic oxidation sites excluding steroid dienone is 1. The van der Waals surface area contributed by atoms with E-state index in [1.807, 2.05) is 89.6 Å². The Morgan fingerprint density at radius 2 is 1.65 bits per heavy atom. The molecule has 2 atom stereocenters. The predicted molar refractivity (Wildman–Crippen MR) is 173 cm³/mol. The summed E-state index contributed by atoms with van der Waals surface area (Å²) in [5, 5.41) is 10.3. The number of benzene rings is 3. The van der Waals surface area contributed by atoms with Crippen LogP contribution in [0, 0.1) is 0 Å². The fourth-order valence-electron chi connectivity index (χ4n) is 6.74. The number of aromatic nitrogens is 3. The number of H-pyrrole nitrogens is 1. The van der Waals surface area contributed by atoms with Crippen molar-refractivity contribution in [1.29, 1.82) is 0 Å². The van der Waals surface area contributed by atoms with Crippen LogP contribution in [-0.2, 0) is 27.5 Å². The van der Waals surface area contributed by atoms with E-state index < -0.39 is 6.29 Å². The Morgan fingerprint density at radius 1 is 0.957 bits per heavy atom. The summed E-state index contributed by atoms with van der Waals surface area (Å²) in [5.41, 5.74) is 5.01. The number of aromatic amines is 1. The van der Waals surface area contributed by atoms with E-state index in [-0.39, 0.29) is 48.4 Å². The molecule has 3 aromatic carbocycles. The van der Waals surface area contributed by atoms with Crippen molar-refractivity contribution in [2.24, 2.45) is 0 Å². The van der Waals surface area contributed by atoms with Crippen LogP contribution < -0.4 is 5.69 Å². The molecule has 46 heavy (non-hydrogen) atoms. The van der Waals surface area contributed by atoms with Gasteiger partial charge in [-0.25, -0.2) is 4.79 Å². The molecule has 0 unspecified atom stereocenters. The number of aliphatic hydroxyl groups is 1. The first kappa shape index (κ1) is 29.8. The maximum atomic E-state index is 14.0. The number of piperidine rings is 1. The number of amides is 1. The lowest BCUT2D eigenvalue weighted by Gasteiger charge is -2.35. The number of carbonyl (C=O) groups is 2. The van der Waals surface area contributed by atoms with Gasteiger partial charge in [0, 0.05) is 50.0 Å². The van der Waals surface area contributed by atoms with Gasteiger partial charge in [-0.2, -0.15) is 0 Å². The normalized spacial score (nSPS) is 18.9. The molecule has 2 aliphatic rings. The number of rotatable bonds is 7. The van der Waals surface area contributed by atoms with Gasteiger partial charge in [-0.3, -0.25) is 18.7 Å². The molecule has 1 saturated heterocycles. The predicted octanol–water partition coefficient (Wildman–Crippen LogP) is 5.23. The molecular weight excluding hydrogens is 584 g/mol. The van der Waals surface area contributed by atoms with Crippen molar-refractivity contribution in [2.75, 3.05) is 13.1 Å². The molecule has 236 valence electrons. The monoisotopic (exact) mass is 620 g/mol. The van der Waals surface area contributed by atoms with Crippen LogP contribution in [0.25, 0.3) is 21.9 Å². The molecule has 7 rings (SSSR count). The van der Waals surface area contributed by atoms with Gasteiger partial charge >= 0.3 is 5.69 Å². The van der Waals surface area contributed by atoms with Gasteiger partial charge in [0.05, 0.1) is 29.8 Å². The number of fused-ring (bicyclic) bond motifs is 2. The number of hydrogen-bond donors (Lipinski definition) is 2. The number of para-hydroxylation sites is 3. The van der Waals surface area contributed by atoms with E-state index in [0.717, 1.165) is 38.6 Å². The highest BCUT2D eigenvalue weighted by atomic mass is 16.7. The second-order valence-electron chi connectivity index (χ2n) is 12.0. The second kappa shape index (κ2) is 12.5. The van der Waals surface area contributed by atoms with Crippen LogP contribution in [0.5, 0.6) is 0 Å². The number of hydrogen-bond acceptors (Lipinski definition) is 6. The molecule has 10 nitrogen and oxygen atoms in total. The van der Waals surface area contributed by atoms with Crippen molar-refractivity contribution in [2.45, 2.75) is 57.6 Å². The van der Waals surface area contributed by atoms with Crippen molar-refractivity contribution < 1.29 is 24.2 Å². The first-order valence-corrected chi connectivity index (χ1v) is 15.7. The van der Waals surface area contributed by atoms with Gasteiger partial charge in [-0.05, 0) is 53.8 Å². The summed E-state index contributed by atoms with van der Waals surface area (Å²) in [6, 6.07) is 22.9. The van der Waals surface area contributed by atoms with E-state index in [4.69, 9.17) is 9.47 Å². The van der Waals surface area contributed by atoms with Crippen LogP contribution in [-0.4, -0.2) is 55.3 Å². The standard InChI is InChI=1S/C36H36N4O6/c1-23(42)39-20-29(28-6-2-4-8-31(28)39)26-18-33(46-34(19-26)45-22-25-12-10-24(21-41)11-13-25)35(43)38-16-14-27(15-17-38)40-32-9-5-3-7-30(32)37-36(40)44/h2-13,18,20,26-27,34,41H,14-17,19,21-22H2,1H3,(H,37,44)/t26-,34+/m1/s1. The Balaban J connectivity index is 1.14. The van der Waals surface area contributed by atoms with Crippen LogP contribution in [0.2, 0.25) is 0 Å². The van der Waals surface area contributed by atoms with Gasteiger partial charge in [0.15, 0.2) is 5.76 Å². The molecule has 0 saturated carbocycles. The number of ether oxygens (including phenoxy) is 2. The topological polar surface area (TPSA) is 119 Å². The zero-order chi connectivity index (χ0) is 31.8. The van der Waals surface area contributed by atoms with Gasteiger partial charge in [-0.1, -0.05) is 54.6 Å². The third-order valence-corrected chi connectivity index (χ3v) is 9.13. The quantitative estimate of drug-likeness (QED) is 0.257. The molecule has 2 aliphatic heterocycles. The Kier molecular flexibility index (Phi) is 8.06. The van der Waals surface area contributed by atoms with Crippen molar-refractivity contribution in [3.8, 4) is 0 Å². The zero-order valence-corrected chi connectivity index (χ0v) is 25.6. The van der Waals surface area contributed by atoms with Gasteiger partial charge in [0.25, 0.3) is 5.91 Å². The molecule has 0 radical (unpaired) electrons. The summed E-state index contributed by atoms with van der Waals surface area (Å²) >= 11 is 0. The molecular formula is C36H36N4O6. The molecule has 1 amide bonds.